The molecule has 0 fully saturated rings. The number of hydrogen-bond acceptors (Lipinski definition) is 7. The van der Waals surface area contributed by atoms with Gasteiger partial charge in [0.25, 0.3) is 0 Å². The first kappa shape index (κ1) is 11.1. The van der Waals surface area contributed by atoms with Crippen molar-refractivity contribution in [3.05, 3.63) is 11.6 Å². The number of hydrogen-bond donors (Lipinski definition) is 1. The number of carbonyl (C=O) groups is 3. The summed E-state index contributed by atoms with van der Waals surface area (Å²) in [6.45, 7) is 0. The molecule has 0 rings (SSSR count). The third kappa shape index (κ3) is 3.34. The molecule has 1 N–H and O–H groups in total. The Balaban J connectivity index is 4.93. The second-order valence-electron chi connectivity index (χ2n) is 1.93. The summed E-state index contributed by atoms with van der Waals surface area (Å²) in [7, 11) is 0. The maximum absolute atomic E-state index is 10.1. The number of carboxylic acids is 3. The Morgan fingerprint density at radius 1 is 1.15 bits per heavy atom. The molecule has 0 aromatic carbocycles. The lowest BCUT2D eigenvalue weighted by molar-refractivity contribution is -0.318. The Labute approximate surface area is 71.5 Å². The van der Waals surface area contributed by atoms with Crippen molar-refractivity contribution in [1.82, 2.24) is 0 Å². The van der Waals surface area contributed by atoms with Gasteiger partial charge in [-0.25, -0.2) is 0 Å². The van der Waals surface area contributed by atoms with E-state index in [0.717, 1.165) is 0 Å². The summed E-state index contributed by atoms with van der Waals surface area (Å²) in [5, 5.41) is 38.4. The molecule has 1 atom stereocenters. The molecule has 13 heavy (non-hydrogen) atoms. The van der Waals surface area contributed by atoms with Crippen LogP contribution in [0.4, 0.5) is 0 Å². The lowest BCUT2D eigenvalue weighted by atomic mass is 10.1. The predicted molar refractivity (Wildman–Crippen MR) is 29.1 cm³/mol. The second kappa shape index (κ2) is 4.21. The van der Waals surface area contributed by atoms with E-state index in [1.807, 2.05) is 0 Å². The molecule has 0 heterocycles. The number of carboxylic acid groups (broad SMARTS) is 3. The van der Waals surface area contributed by atoms with Gasteiger partial charge < -0.3 is 34.8 Å². The van der Waals surface area contributed by atoms with Gasteiger partial charge >= 0.3 is 0 Å². The predicted octanol–water partition coefficient (Wildman–Crippen LogP) is -5.48. The summed E-state index contributed by atoms with van der Waals surface area (Å²) in [6, 6.07) is 0. The fraction of sp³-hybridized carbons (Fsp3) is 0.167. The Hall–Kier alpha value is -1.89. The minimum Gasteiger partial charge on any atom is -0.547 e. The fourth-order valence-corrected chi connectivity index (χ4v) is 0.503. The van der Waals surface area contributed by atoms with Crippen LogP contribution in [0.15, 0.2) is 11.6 Å². The maximum atomic E-state index is 10.1. The highest BCUT2D eigenvalue weighted by Crippen LogP contribution is 1.99. The molecular formula is C6H3O7-3. The highest BCUT2D eigenvalue weighted by atomic mass is 16.4. The average Bonchev–Trinajstić information content (AvgIpc) is 1.97. The van der Waals surface area contributed by atoms with Crippen molar-refractivity contribution >= 4 is 17.9 Å². The molecule has 0 amide bonds. The third-order valence-corrected chi connectivity index (χ3v) is 1.03. The van der Waals surface area contributed by atoms with Crippen molar-refractivity contribution in [3.63, 3.8) is 0 Å². The van der Waals surface area contributed by atoms with Crippen LogP contribution in [0.1, 0.15) is 0 Å². The topological polar surface area (TPSA) is 141 Å². The van der Waals surface area contributed by atoms with Crippen LogP contribution in [0.5, 0.6) is 0 Å². The fourth-order valence-electron chi connectivity index (χ4n) is 0.503. The van der Waals surface area contributed by atoms with Crippen LogP contribution in [0, 0.1) is 0 Å². The molecule has 0 saturated heterocycles. The Kier molecular flexibility index (Phi) is 3.60. The Bertz CT molecular complexity index is 277. The largest absolute Gasteiger partial charge is 0.547 e. The molecule has 7 nitrogen and oxygen atoms in total. The van der Waals surface area contributed by atoms with E-state index in [1.54, 1.807) is 0 Å². The summed E-state index contributed by atoms with van der Waals surface area (Å²) < 4.78 is 0. The molecule has 0 aliphatic heterocycles. The minimum absolute atomic E-state index is 0.0875. The van der Waals surface area contributed by atoms with Gasteiger partial charge in [0.05, 0.1) is 17.9 Å². The molecule has 72 valence electrons. The van der Waals surface area contributed by atoms with E-state index < -0.39 is 29.6 Å². The van der Waals surface area contributed by atoms with Crippen molar-refractivity contribution in [1.29, 1.82) is 0 Å². The molecule has 0 aromatic rings. The monoisotopic (exact) mass is 187 g/mol. The molecule has 0 saturated carbocycles. The summed E-state index contributed by atoms with van der Waals surface area (Å²) in [4.78, 5) is 29.8. The first-order chi connectivity index (χ1) is 5.86. The molecule has 0 spiro atoms. The molecule has 0 unspecified atom stereocenters. The zero-order chi connectivity index (χ0) is 10.6. The van der Waals surface area contributed by atoms with Gasteiger partial charge in [-0.15, -0.1) is 0 Å². The lowest BCUT2D eigenvalue weighted by Crippen LogP contribution is -2.43. The Morgan fingerprint density at radius 3 is 1.85 bits per heavy atom. The number of aliphatic hydroxyl groups excluding tert-OH is 1. The normalized spacial score (nSPS) is 13.5. The van der Waals surface area contributed by atoms with Crippen LogP contribution in [0.2, 0.25) is 0 Å². The van der Waals surface area contributed by atoms with Crippen molar-refractivity contribution < 1.29 is 34.8 Å². The van der Waals surface area contributed by atoms with E-state index in [1.165, 1.54) is 0 Å². The van der Waals surface area contributed by atoms with Gasteiger partial charge in [-0.2, -0.15) is 0 Å². The lowest BCUT2D eigenvalue weighted by Gasteiger charge is -2.16. The smallest absolute Gasteiger partial charge is 0.120 e. The van der Waals surface area contributed by atoms with Gasteiger partial charge in [0.1, 0.15) is 6.10 Å². The van der Waals surface area contributed by atoms with Crippen LogP contribution in [-0.2, 0) is 14.4 Å². The van der Waals surface area contributed by atoms with Gasteiger partial charge in [-0.05, 0) is 6.08 Å². The molecule has 0 radical (unpaired) electrons. The molecule has 0 aliphatic rings. The van der Waals surface area contributed by atoms with Crippen molar-refractivity contribution in [2.45, 2.75) is 6.10 Å². The van der Waals surface area contributed by atoms with Gasteiger partial charge in [-0.1, -0.05) is 0 Å². The van der Waals surface area contributed by atoms with E-state index in [-0.39, 0.29) is 6.08 Å². The van der Waals surface area contributed by atoms with E-state index in [9.17, 15) is 29.7 Å². The summed E-state index contributed by atoms with van der Waals surface area (Å²) in [5.74, 6) is -6.22. The molecular weight excluding hydrogens is 184 g/mol. The highest BCUT2D eigenvalue weighted by Gasteiger charge is 2.12. The summed E-state index contributed by atoms with van der Waals surface area (Å²) >= 11 is 0. The zero-order valence-electron chi connectivity index (χ0n) is 6.05. The molecule has 0 aromatic heterocycles. The second-order valence-corrected chi connectivity index (χ2v) is 1.93. The molecule has 0 bridgehead atoms. The van der Waals surface area contributed by atoms with Gasteiger partial charge in [0, 0.05) is 5.57 Å². The molecule has 7 heteroatoms. The van der Waals surface area contributed by atoms with Crippen LogP contribution in [0.25, 0.3) is 0 Å². The number of aliphatic carboxylic acids is 3. The van der Waals surface area contributed by atoms with Gasteiger partial charge in [0.2, 0.25) is 0 Å². The summed E-state index contributed by atoms with van der Waals surface area (Å²) in [6.07, 6.45) is -2.64. The third-order valence-electron chi connectivity index (χ3n) is 1.03. The van der Waals surface area contributed by atoms with Crippen molar-refractivity contribution in [2.24, 2.45) is 0 Å². The van der Waals surface area contributed by atoms with Crippen LogP contribution in [0.3, 0.4) is 0 Å². The summed E-state index contributed by atoms with van der Waals surface area (Å²) in [5.41, 5.74) is -1.33. The number of rotatable bonds is 4. The van der Waals surface area contributed by atoms with E-state index in [4.69, 9.17) is 5.11 Å². The van der Waals surface area contributed by atoms with Crippen LogP contribution >= 0.6 is 0 Å². The van der Waals surface area contributed by atoms with Gasteiger partial charge in [0.15, 0.2) is 0 Å². The highest BCUT2D eigenvalue weighted by molar-refractivity contribution is 5.98. The van der Waals surface area contributed by atoms with Crippen molar-refractivity contribution in [3.8, 4) is 0 Å². The van der Waals surface area contributed by atoms with Crippen LogP contribution in [-0.4, -0.2) is 29.1 Å². The quantitative estimate of drug-likeness (QED) is 0.432. The zero-order valence-corrected chi connectivity index (χ0v) is 6.05. The average molecular weight is 187 g/mol. The minimum atomic E-state index is -2.55. The maximum Gasteiger partial charge on any atom is 0.120 e. The first-order valence-electron chi connectivity index (χ1n) is 2.89. The van der Waals surface area contributed by atoms with Crippen LogP contribution < -0.4 is 15.3 Å². The number of aliphatic hydroxyl groups is 1. The SMILES string of the molecule is O=C([O-])/C=C(\C(=O)[O-])[C@H](O)C(=O)[O-]. The van der Waals surface area contributed by atoms with E-state index in [2.05, 4.69) is 0 Å². The number of carbonyl (C=O) groups excluding carboxylic acids is 3. The first-order valence-corrected chi connectivity index (χ1v) is 2.89. The van der Waals surface area contributed by atoms with Crippen molar-refractivity contribution in [2.75, 3.05) is 0 Å². The standard InChI is InChI=1S/C6H6O7/c7-3(8)1-2(5(10)11)4(9)6(12)13/h1,4,9H,(H,7,8)(H,10,11)(H,12,13)/p-3/b2-1-/t4-/m0/s1. The van der Waals surface area contributed by atoms with Gasteiger partial charge in [-0.3, -0.25) is 0 Å². The van der Waals surface area contributed by atoms with E-state index >= 15 is 0 Å². The molecule has 0 aliphatic carbocycles. The van der Waals surface area contributed by atoms with E-state index in [0.29, 0.717) is 0 Å². The Morgan fingerprint density at radius 2 is 1.62 bits per heavy atom.